The van der Waals surface area contributed by atoms with Crippen molar-refractivity contribution in [2.45, 2.75) is 0 Å². The molecule has 0 aliphatic heterocycles. The Hall–Kier alpha value is 1.33. The molecule has 0 N–H and O–H groups in total. The van der Waals surface area contributed by atoms with E-state index in [9.17, 15) is 0 Å². The van der Waals surface area contributed by atoms with E-state index < -0.39 is 0 Å². The molecular formula is N3TaTi. The third kappa shape index (κ3) is 33.3. The minimum atomic E-state index is 0. The van der Waals surface area contributed by atoms with Gasteiger partial charge in [-0.25, -0.2) is 0 Å². The SMILES string of the molecule is [N-3].[N-3].[N-3].[Ta+5].[Ti+4]. The second kappa shape index (κ2) is 56.3. The van der Waals surface area contributed by atoms with E-state index in [1.54, 1.807) is 0 Å². The largest absolute Gasteiger partial charge is 5.00 e. The summed E-state index contributed by atoms with van der Waals surface area (Å²) in [7, 11) is 0. The molecule has 0 aliphatic rings. The summed E-state index contributed by atoms with van der Waals surface area (Å²) in [4.78, 5) is 0. The van der Waals surface area contributed by atoms with Gasteiger partial charge in [-0.05, 0) is 0 Å². The molecule has 0 aromatic rings. The molecule has 0 rings (SSSR count). The van der Waals surface area contributed by atoms with Crippen molar-refractivity contribution in [2.75, 3.05) is 0 Å². The molecule has 0 aliphatic carbocycles. The Morgan fingerprint density at radius 3 is 0.600 bits per heavy atom. The van der Waals surface area contributed by atoms with Crippen LogP contribution >= 0.6 is 0 Å². The maximum absolute atomic E-state index is 0. The fourth-order valence-electron chi connectivity index (χ4n) is 0. The topological polar surface area (TPSA) is 91.5 Å². The van der Waals surface area contributed by atoms with Crippen molar-refractivity contribution in [2.24, 2.45) is 0 Å². The Morgan fingerprint density at radius 2 is 0.600 bits per heavy atom. The summed E-state index contributed by atoms with van der Waals surface area (Å²) in [5.74, 6) is 0. The van der Waals surface area contributed by atoms with Crippen molar-refractivity contribution in [1.29, 1.82) is 0 Å². The van der Waals surface area contributed by atoms with Crippen LogP contribution in [-0.2, 0) is 44.1 Å². The van der Waals surface area contributed by atoms with Gasteiger partial charge in [-0.15, -0.1) is 0 Å². The van der Waals surface area contributed by atoms with Crippen LogP contribution in [0.2, 0.25) is 0 Å². The van der Waals surface area contributed by atoms with Crippen LogP contribution < -0.4 is 0 Å². The van der Waals surface area contributed by atoms with E-state index in [1.807, 2.05) is 0 Å². The molecular weight excluding hydrogens is 271 g/mol. The molecule has 0 aromatic heterocycles. The molecule has 0 atom stereocenters. The average molecular weight is 271 g/mol. The van der Waals surface area contributed by atoms with Gasteiger partial charge in [-0.2, -0.15) is 0 Å². The molecule has 0 saturated heterocycles. The van der Waals surface area contributed by atoms with E-state index >= 15 is 0 Å². The van der Waals surface area contributed by atoms with Crippen molar-refractivity contribution in [1.82, 2.24) is 0 Å². The van der Waals surface area contributed by atoms with Gasteiger partial charge < -0.3 is 18.5 Å². The van der Waals surface area contributed by atoms with Gasteiger partial charge in [0.1, 0.15) is 0 Å². The maximum Gasteiger partial charge on any atom is 5.00 e. The number of nitrogens with zero attached hydrogens (tertiary/aromatic N) is 3. The molecule has 0 aromatic carbocycles. The van der Waals surface area contributed by atoms with E-state index in [2.05, 4.69) is 0 Å². The van der Waals surface area contributed by atoms with Crippen LogP contribution in [0.5, 0.6) is 0 Å². The van der Waals surface area contributed by atoms with Crippen LogP contribution in [0.1, 0.15) is 0 Å². The summed E-state index contributed by atoms with van der Waals surface area (Å²) in [5, 5.41) is 0. The molecule has 0 fully saturated rings. The van der Waals surface area contributed by atoms with Crippen LogP contribution in [0.4, 0.5) is 0 Å². The zero-order valence-electron chi connectivity index (χ0n) is 2.29. The van der Waals surface area contributed by atoms with Gasteiger partial charge in [0.15, 0.2) is 0 Å². The zero-order valence-corrected chi connectivity index (χ0v) is 7.06. The standard InChI is InChI=1S/3N.Ta.Ti/q3*-3;+5;+4. The zero-order chi connectivity index (χ0) is 0. The molecule has 0 bridgehead atoms. The van der Waals surface area contributed by atoms with Crippen molar-refractivity contribution in [3.63, 3.8) is 0 Å². The molecule has 5 heavy (non-hydrogen) atoms. The predicted octanol–water partition coefficient (Wildman–Crippen LogP) is 0.861. The third-order valence-corrected chi connectivity index (χ3v) is 0. The van der Waals surface area contributed by atoms with Crippen LogP contribution in [0, 0.1) is 0 Å². The molecule has 0 spiro atoms. The fourth-order valence-corrected chi connectivity index (χ4v) is 0. The normalized spacial score (nSPS) is 0. The number of hydrogen-bond donors (Lipinski definition) is 0. The molecule has 0 amide bonds. The van der Waals surface area contributed by atoms with Gasteiger partial charge in [-0.1, -0.05) is 0 Å². The quantitative estimate of drug-likeness (QED) is 0.584. The van der Waals surface area contributed by atoms with Crippen LogP contribution in [0.3, 0.4) is 0 Å². The first-order valence-electron chi connectivity index (χ1n) is 0. The molecule has 0 radical (unpaired) electrons. The fraction of sp³-hybridized carbons (Fsp3) is 0. The summed E-state index contributed by atoms with van der Waals surface area (Å²) < 4.78 is 0. The first kappa shape index (κ1) is 101. The monoisotopic (exact) mass is 271 g/mol. The number of rotatable bonds is 0. The van der Waals surface area contributed by atoms with Gasteiger partial charge in [0.25, 0.3) is 0 Å². The first-order chi connectivity index (χ1) is 0. The Balaban J connectivity index is 0. The van der Waals surface area contributed by atoms with Crippen LogP contribution in [0.15, 0.2) is 0 Å². The van der Waals surface area contributed by atoms with Crippen LogP contribution in [0.25, 0.3) is 18.5 Å². The second-order valence-corrected chi connectivity index (χ2v) is 0. The van der Waals surface area contributed by atoms with Gasteiger partial charge in [0, 0.05) is 0 Å². The Kier molecular flexibility index (Phi) is 1140. The Morgan fingerprint density at radius 1 is 0.600 bits per heavy atom. The van der Waals surface area contributed by atoms with Crippen molar-refractivity contribution < 1.29 is 44.1 Å². The summed E-state index contributed by atoms with van der Waals surface area (Å²) in [6, 6.07) is 0. The van der Waals surface area contributed by atoms with E-state index in [4.69, 9.17) is 0 Å². The molecule has 24 valence electrons. The number of hydrogen-bond acceptors (Lipinski definition) is 0. The van der Waals surface area contributed by atoms with Gasteiger partial charge in [-0.3, -0.25) is 0 Å². The van der Waals surface area contributed by atoms with E-state index in [1.165, 1.54) is 0 Å². The molecule has 3 nitrogen and oxygen atoms in total. The summed E-state index contributed by atoms with van der Waals surface area (Å²) in [6.07, 6.45) is 0. The summed E-state index contributed by atoms with van der Waals surface area (Å²) in [6.45, 7) is 0. The minimum Gasteiger partial charge on any atom is -3.00 e. The van der Waals surface area contributed by atoms with E-state index in [-0.39, 0.29) is 62.5 Å². The van der Waals surface area contributed by atoms with Gasteiger partial charge >= 0.3 is 44.1 Å². The van der Waals surface area contributed by atoms with Gasteiger partial charge in [0.2, 0.25) is 0 Å². The molecule has 0 saturated carbocycles. The summed E-state index contributed by atoms with van der Waals surface area (Å²) >= 11 is 0. The minimum absolute atomic E-state index is 0. The van der Waals surface area contributed by atoms with Crippen molar-refractivity contribution in [3.8, 4) is 0 Å². The molecule has 5 heteroatoms. The van der Waals surface area contributed by atoms with Gasteiger partial charge in [0.05, 0.1) is 0 Å². The van der Waals surface area contributed by atoms with E-state index in [0.29, 0.717) is 0 Å². The Bertz CT molecular complexity index is 6.85. The summed E-state index contributed by atoms with van der Waals surface area (Å²) in [5.41, 5.74) is 0. The second-order valence-electron chi connectivity index (χ2n) is 0. The van der Waals surface area contributed by atoms with E-state index in [0.717, 1.165) is 0 Å². The van der Waals surface area contributed by atoms with Crippen molar-refractivity contribution in [3.05, 3.63) is 18.5 Å². The first-order valence-corrected chi connectivity index (χ1v) is 0. The molecule has 0 heterocycles. The van der Waals surface area contributed by atoms with Crippen molar-refractivity contribution >= 4 is 0 Å². The predicted molar refractivity (Wildman–Crippen MR) is 10.1 cm³/mol. The average Bonchev–Trinajstić information content (AvgIpc) is 0. The smallest absolute Gasteiger partial charge is 3.00 e. The Labute approximate surface area is 62.4 Å². The third-order valence-electron chi connectivity index (χ3n) is 0. The maximum atomic E-state index is 0. The van der Waals surface area contributed by atoms with Crippen LogP contribution in [-0.4, -0.2) is 0 Å². The molecule has 0 unspecified atom stereocenters.